The zero-order chi connectivity index (χ0) is 14.4. The van der Waals surface area contributed by atoms with Crippen LogP contribution < -0.4 is 5.32 Å². The summed E-state index contributed by atoms with van der Waals surface area (Å²) in [4.78, 5) is 4.16. The van der Waals surface area contributed by atoms with Crippen LogP contribution in [0.5, 0.6) is 0 Å². The lowest BCUT2D eigenvalue weighted by Gasteiger charge is -2.19. The third-order valence-corrected chi connectivity index (χ3v) is 3.65. The molecule has 20 heavy (non-hydrogen) atoms. The molecule has 0 spiro atoms. The Bertz CT molecular complexity index is 524. The molecule has 0 aliphatic carbocycles. The van der Waals surface area contributed by atoms with Crippen LogP contribution in [0, 0.1) is 0 Å². The number of hydrogen-bond donors (Lipinski definition) is 1. The molecule has 4 nitrogen and oxygen atoms in total. The van der Waals surface area contributed by atoms with Crippen LogP contribution in [0.1, 0.15) is 37.6 Å². The lowest BCUT2D eigenvalue weighted by Crippen LogP contribution is -2.24. The maximum Gasteiger partial charge on any atom is 0.0834 e. The molecular formula is C15H21ClN4. The van der Waals surface area contributed by atoms with Crippen molar-refractivity contribution in [2.75, 3.05) is 6.54 Å². The molecule has 1 N–H and O–H groups in total. The zero-order valence-corrected chi connectivity index (χ0v) is 12.8. The van der Waals surface area contributed by atoms with E-state index in [1.807, 2.05) is 16.9 Å². The van der Waals surface area contributed by atoms with Crippen molar-refractivity contribution in [2.24, 2.45) is 0 Å². The minimum Gasteiger partial charge on any atom is -0.309 e. The first-order chi connectivity index (χ1) is 9.76. The minimum absolute atomic E-state index is 0.218. The van der Waals surface area contributed by atoms with Crippen LogP contribution in [0.4, 0.5) is 0 Å². The van der Waals surface area contributed by atoms with Crippen LogP contribution in [-0.4, -0.2) is 21.3 Å². The van der Waals surface area contributed by atoms with E-state index in [9.17, 15) is 0 Å². The number of nitrogens with zero attached hydrogens (tertiary/aromatic N) is 3. The largest absolute Gasteiger partial charge is 0.309 e. The first-order valence-corrected chi connectivity index (χ1v) is 7.47. The maximum atomic E-state index is 6.30. The second kappa shape index (κ2) is 7.41. The van der Waals surface area contributed by atoms with Crippen molar-refractivity contribution >= 4 is 11.6 Å². The average Bonchev–Trinajstić information content (AvgIpc) is 2.85. The van der Waals surface area contributed by atoms with Gasteiger partial charge >= 0.3 is 0 Å². The van der Waals surface area contributed by atoms with Gasteiger partial charge in [-0.2, -0.15) is 5.10 Å². The van der Waals surface area contributed by atoms with Gasteiger partial charge in [0.25, 0.3) is 0 Å². The average molecular weight is 293 g/mol. The minimum atomic E-state index is 0.218. The van der Waals surface area contributed by atoms with Crippen molar-refractivity contribution in [2.45, 2.75) is 39.3 Å². The fourth-order valence-electron chi connectivity index (χ4n) is 2.41. The number of halogens is 1. The molecule has 2 aromatic heterocycles. The van der Waals surface area contributed by atoms with Gasteiger partial charge in [0.1, 0.15) is 0 Å². The van der Waals surface area contributed by atoms with E-state index in [1.165, 1.54) is 5.56 Å². The Morgan fingerprint density at radius 2 is 2.20 bits per heavy atom. The Balaban J connectivity index is 2.12. The molecule has 0 saturated heterocycles. The Morgan fingerprint density at radius 3 is 2.85 bits per heavy atom. The van der Waals surface area contributed by atoms with Crippen molar-refractivity contribution in [1.29, 1.82) is 0 Å². The monoisotopic (exact) mass is 292 g/mol. The van der Waals surface area contributed by atoms with Crippen molar-refractivity contribution in [3.05, 3.63) is 47.0 Å². The number of aromatic nitrogens is 3. The van der Waals surface area contributed by atoms with Crippen LogP contribution in [0.2, 0.25) is 5.02 Å². The summed E-state index contributed by atoms with van der Waals surface area (Å²) in [7, 11) is 0. The molecule has 2 aromatic rings. The van der Waals surface area contributed by atoms with Gasteiger partial charge in [0.05, 0.1) is 23.0 Å². The Hall–Kier alpha value is -1.39. The summed E-state index contributed by atoms with van der Waals surface area (Å²) in [6.07, 6.45) is 7.40. The fourth-order valence-corrected chi connectivity index (χ4v) is 2.68. The van der Waals surface area contributed by atoms with Gasteiger partial charge in [-0.25, -0.2) is 0 Å². The summed E-state index contributed by atoms with van der Waals surface area (Å²) < 4.78 is 1.97. The van der Waals surface area contributed by atoms with E-state index in [1.54, 1.807) is 12.4 Å². The van der Waals surface area contributed by atoms with E-state index >= 15 is 0 Å². The molecule has 0 radical (unpaired) electrons. The number of aryl methyl sites for hydroxylation is 2. The molecular weight excluding hydrogens is 272 g/mol. The predicted octanol–water partition coefficient (Wildman–Crippen LogP) is 3.23. The Morgan fingerprint density at radius 1 is 1.35 bits per heavy atom. The molecule has 0 bridgehead atoms. The zero-order valence-electron chi connectivity index (χ0n) is 12.0. The molecule has 5 heteroatoms. The third kappa shape index (κ3) is 3.58. The molecule has 0 aromatic carbocycles. The smallest absolute Gasteiger partial charge is 0.0834 e. The van der Waals surface area contributed by atoms with E-state index in [0.29, 0.717) is 0 Å². The highest BCUT2D eigenvalue weighted by atomic mass is 35.5. The van der Waals surface area contributed by atoms with E-state index in [-0.39, 0.29) is 6.04 Å². The molecule has 108 valence electrons. The maximum absolute atomic E-state index is 6.30. The standard InChI is InChI=1S/C15H21ClN4/c1-3-18-14(8-7-12-6-5-9-17-10-12)15-13(16)11-19-20(15)4-2/h5-6,9-11,14,18H,3-4,7-8H2,1-2H3. The van der Waals surface area contributed by atoms with Crippen LogP contribution in [-0.2, 0) is 13.0 Å². The van der Waals surface area contributed by atoms with Gasteiger partial charge in [-0.3, -0.25) is 9.67 Å². The molecule has 0 aliphatic rings. The summed E-state index contributed by atoms with van der Waals surface area (Å²) in [5, 5.41) is 8.57. The number of pyridine rings is 1. The highest BCUT2D eigenvalue weighted by Gasteiger charge is 2.19. The molecule has 0 aliphatic heterocycles. The van der Waals surface area contributed by atoms with Crippen LogP contribution >= 0.6 is 11.6 Å². The topological polar surface area (TPSA) is 42.7 Å². The molecule has 0 saturated carbocycles. The summed E-state index contributed by atoms with van der Waals surface area (Å²) >= 11 is 6.30. The van der Waals surface area contributed by atoms with Crippen molar-refractivity contribution in [3.8, 4) is 0 Å². The van der Waals surface area contributed by atoms with Crippen LogP contribution in [0.15, 0.2) is 30.7 Å². The normalized spacial score (nSPS) is 12.6. The number of rotatable bonds is 7. The molecule has 1 atom stereocenters. The van der Waals surface area contributed by atoms with Crippen LogP contribution in [0.3, 0.4) is 0 Å². The second-order valence-electron chi connectivity index (χ2n) is 4.70. The summed E-state index contributed by atoms with van der Waals surface area (Å²) in [5.74, 6) is 0. The number of hydrogen-bond acceptors (Lipinski definition) is 3. The Kier molecular flexibility index (Phi) is 5.56. The van der Waals surface area contributed by atoms with E-state index in [4.69, 9.17) is 11.6 Å². The molecule has 1 unspecified atom stereocenters. The third-order valence-electron chi connectivity index (χ3n) is 3.36. The summed E-state index contributed by atoms with van der Waals surface area (Å²) in [6.45, 7) is 5.92. The molecule has 2 heterocycles. The van der Waals surface area contributed by atoms with Gasteiger partial charge in [-0.15, -0.1) is 0 Å². The van der Waals surface area contributed by atoms with Crippen molar-refractivity contribution in [3.63, 3.8) is 0 Å². The quantitative estimate of drug-likeness (QED) is 0.852. The van der Waals surface area contributed by atoms with Gasteiger partial charge in [0.2, 0.25) is 0 Å². The van der Waals surface area contributed by atoms with Crippen molar-refractivity contribution in [1.82, 2.24) is 20.1 Å². The highest BCUT2D eigenvalue weighted by Crippen LogP contribution is 2.26. The number of nitrogens with one attached hydrogen (secondary N) is 1. The van der Waals surface area contributed by atoms with Gasteiger partial charge in [0.15, 0.2) is 0 Å². The van der Waals surface area contributed by atoms with E-state index < -0.39 is 0 Å². The first-order valence-electron chi connectivity index (χ1n) is 7.09. The molecule has 0 amide bonds. The second-order valence-corrected chi connectivity index (χ2v) is 5.11. The summed E-state index contributed by atoms with van der Waals surface area (Å²) in [6, 6.07) is 4.30. The highest BCUT2D eigenvalue weighted by molar-refractivity contribution is 6.31. The molecule has 2 rings (SSSR count). The summed E-state index contributed by atoms with van der Waals surface area (Å²) in [5.41, 5.74) is 2.33. The van der Waals surface area contributed by atoms with Gasteiger partial charge in [-0.05, 0) is 37.9 Å². The predicted molar refractivity (Wildman–Crippen MR) is 81.9 cm³/mol. The lowest BCUT2D eigenvalue weighted by molar-refractivity contribution is 0.467. The van der Waals surface area contributed by atoms with E-state index in [2.05, 4.69) is 35.3 Å². The lowest BCUT2D eigenvalue weighted by atomic mass is 10.0. The first kappa shape index (κ1) is 15.0. The van der Waals surface area contributed by atoms with Crippen molar-refractivity contribution < 1.29 is 0 Å². The fraction of sp³-hybridized carbons (Fsp3) is 0.467. The Labute approximate surface area is 125 Å². The van der Waals surface area contributed by atoms with Gasteiger partial charge in [-0.1, -0.05) is 24.6 Å². The van der Waals surface area contributed by atoms with Gasteiger partial charge < -0.3 is 5.32 Å². The molecule has 0 fully saturated rings. The SMILES string of the molecule is CCNC(CCc1cccnc1)c1c(Cl)cnn1CC. The van der Waals surface area contributed by atoms with E-state index in [0.717, 1.165) is 36.6 Å². The van der Waals surface area contributed by atoms with Crippen LogP contribution in [0.25, 0.3) is 0 Å². The van der Waals surface area contributed by atoms with Gasteiger partial charge in [0, 0.05) is 18.9 Å².